The van der Waals surface area contributed by atoms with Crippen molar-refractivity contribution in [2.75, 3.05) is 13.1 Å². The third kappa shape index (κ3) is 18.3. The molecule has 0 saturated carbocycles. The molecule has 8 heterocycles. The van der Waals surface area contributed by atoms with Gasteiger partial charge in [0.1, 0.15) is 25.4 Å². The number of nitrogens with one attached hydrogen (secondary N) is 1. The SMILES string of the molecule is Cc1cccc(CC(=O)[C@@H]2CCC(F)CCN2)n1.Cc1cccc(CC(=O)[C@@H]2CCC(F)CCN2C(=O)Cn2cc(C(N)=O)c3cc(-c4ccc(F)nc4)ccc32)n1.Cl.NC(=O)c1cn(CC(=O)O)c2ccc(-c3ccc(F)nc3)cc12.S.S=S. The molecule has 25 heteroatoms. The van der Waals surface area contributed by atoms with E-state index in [9.17, 15) is 46.3 Å². The molecule has 0 bridgehead atoms. The van der Waals surface area contributed by atoms with Crippen molar-refractivity contribution < 1.29 is 51.4 Å². The van der Waals surface area contributed by atoms with Crippen LogP contribution in [0.4, 0.5) is 17.6 Å². The number of carboxylic acids is 1. The van der Waals surface area contributed by atoms with Crippen molar-refractivity contribution in [2.24, 2.45) is 11.5 Å². The Hall–Kier alpha value is -7.90. The highest BCUT2D eigenvalue weighted by Gasteiger charge is 2.34. The molecule has 8 aromatic rings. The Labute approximate surface area is 510 Å². The van der Waals surface area contributed by atoms with Crippen molar-refractivity contribution in [3.05, 3.63) is 168 Å². The Kier molecular flexibility index (Phi) is 25.4. The normalized spacial score (nSPS) is 16.4. The van der Waals surface area contributed by atoms with Gasteiger partial charge in [-0.05, 0) is 143 Å². The number of hydrogen-bond donors (Lipinski definition) is 4. The summed E-state index contributed by atoms with van der Waals surface area (Å²) in [6.45, 7) is 4.00. The zero-order valence-electron chi connectivity index (χ0n) is 46.3. The number of fused-ring (bicyclic) bond motifs is 2. The van der Waals surface area contributed by atoms with Crippen LogP contribution in [0.5, 0.6) is 0 Å². The highest BCUT2D eigenvalue weighted by Crippen LogP contribution is 2.31. The number of aryl methyl sites for hydroxylation is 2. The summed E-state index contributed by atoms with van der Waals surface area (Å²) in [5.74, 6) is -3.95. The van der Waals surface area contributed by atoms with E-state index >= 15 is 0 Å². The lowest BCUT2D eigenvalue weighted by molar-refractivity contribution is -0.139. The molecule has 3 amide bonds. The molecule has 0 spiro atoms. The molecule has 17 nitrogen and oxygen atoms in total. The minimum Gasteiger partial charge on any atom is -0.480 e. The van der Waals surface area contributed by atoms with Crippen molar-refractivity contribution in [3.63, 3.8) is 0 Å². The Morgan fingerprint density at radius 3 is 1.56 bits per heavy atom. The van der Waals surface area contributed by atoms with Gasteiger partial charge in [0.05, 0.1) is 36.1 Å². The van der Waals surface area contributed by atoms with E-state index in [1.807, 2.05) is 44.2 Å². The number of hydrogen-bond acceptors (Lipinski definition) is 13. The highest BCUT2D eigenvalue weighted by atomic mass is 35.5. The molecular formula is C60H63ClF4N10O7S3. The van der Waals surface area contributed by atoms with Gasteiger partial charge in [0.2, 0.25) is 17.8 Å². The van der Waals surface area contributed by atoms with Crippen LogP contribution in [0.15, 0.2) is 122 Å². The fourth-order valence-electron chi connectivity index (χ4n) is 10.1. The van der Waals surface area contributed by atoms with Gasteiger partial charge in [0.25, 0.3) is 11.8 Å². The molecule has 448 valence electrons. The van der Waals surface area contributed by atoms with E-state index in [1.54, 1.807) is 59.2 Å². The fraction of sp³-hybridized carbons (Fsp3) is 0.300. The Balaban J connectivity index is 0.000000249. The van der Waals surface area contributed by atoms with E-state index in [2.05, 4.69) is 47.6 Å². The number of aliphatic carboxylic acids is 1. The minimum absolute atomic E-state index is 0. The number of alkyl halides is 2. The first kappa shape index (κ1) is 67.9. The standard InChI is InChI=1S/C30H29F2N5O3.C16H12FN3O3.C14H19FN2O.ClH.S2.H2S/c1-18-3-2-4-22(35-18)14-27(38)26-9-7-21(31)11-12-37(26)29(39)17-36-16-24(30(33)40)23-13-19(5-8-25(23)36)20-6-10-28(32)34-15-20;17-14-4-2-10(6-19-14)9-1-3-13-11(5-9)12(16(18)23)7-20(13)8-15(21)22;1-10-3-2-4-12(17-10)9-14(18)13-6-5-11(15)7-8-16-13;;1-2;/h2-6,8,10,13,15-16,21,26H,7,9,11-12,14,17H2,1H3,(H2,33,40);1-7H,8H2,(H2,18,23)(H,21,22);2-4,11,13,16H,5-9H2,1H3;1H;;1H2/t21?,26-;;11?,13-;;;/m0.0.../s1. The molecule has 0 radical (unpaired) electrons. The molecule has 0 aliphatic carbocycles. The maximum Gasteiger partial charge on any atom is 0.323 e. The molecule has 10 rings (SSSR count). The van der Waals surface area contributed by atoms with Crippen molar-refractivity contribution >= 4 is 105 Å². The maximum absolute atomic E-state index is 14.4. The zero-order chi connectivity index (χ0) is 59.9. The second kappa shape index (κ2) is 31.8. The summed E-state index contributed by atoms with van der Waals surface area (Å²) in [5.41, 5.74) is 18.5. The maximum atomic E-state index is 14.4. The van der Waals surface area contributed by atoms with Crippen LogP contribution in [0.1, 0.15) is 82.0 Å². The predicted molar refractivity (Wildman–Crippen MR) is 327 cm³/mol. The molecule has 2 saturated heterocycles. The number of carbonyl (C=O) groups excluding carboxylic acids is 5. The van der Waals surface area contributed by atoms with Crippen LogP contribution in [0.2, 0.25) is 0 Å². The molecule has 2 aliphatic rings. The minimum atomic E-state index is -1.10. The number of amides is 3. The second-order valence-electron chi connectivity index (χ2n) is 20.0. The first-order valence-corrected chi connectivity index (χ1v) is 27.8. The quantitative estimate of drug-likeness (QED) is 0.0587. The Bertz CT molecular complexity index is 3650. The number of pyridine rings is 4. The molecule has 6 N–H and O–H groups in total. The van der Waals surface area contributed by atoms with E-state index in [-0.39, 0.29) is 106 Å². The van der Waals surface area contributed by atoms with Crippen LogP contribution in [-0.4, -0.2) is 112 Å². The molecule has 2 aromatic carbocycles. The number of ketones is 2. The number of carboxylic acid groups (broad SMARTS) is 1. The van der Waals surface area contributed by atoms with Gasteiger partial charge in [-0.25, -0.2) is 18.7 Å². The van der Waals surface area contributed by atoms with Gasteiger partial charge in [0.15, 0.2) is 11.6 Å². The monoisotopic (exact) mass is 1240 g/mol. The summed E-state index contributed by atoms with van der Waals surface area (Å²) in [5, 5.41) is 13.2. The number of benzene rings is 2. The van der Waals surface area contributed by atoms with Gasteiger partial charge in [-0.15, -0.1) is 12.4 Å². The lowest BCUT2D eigenvalue weighted by atomic mass is 10.0. The summed E-state index contributed by atoms with van der Waals surface area (Å²) in [6, 6.07) is 26.2. The van der Waals surface area contributed by atoms with E-state index in [4.69, 9.17) is 16.6 Å². The van der Waals surface area contributed by atoms with Gasteiger partial charge in [-0.2, -0.15) is 22.3 Å². The van der Waals surface area contributed by atoms with Gasteiger partial charge >= 0.3 is 5.97 Å². The third-order valence-corrected chi connectivity index (χ3v) is 14.1. The van der Waals surface area contributed by atoms with E-state index in [0.29, 0.717) is 76.4 Å². The molecule has 2 unspecified atom stereocenters. The second-order valence-corrected chi connectivity index (χ2v) is 20.0. The van der Waals surface area contributed by atoms with Crippen LogP contribution in [0.25, 0.3) is 44.1 Å². The Morgan fingerprint density at radius 2 is 1.09 bits per heavy atom. The van der Waals surface area contributed by atoms with Crippen molar-refractivity contribution in [2.45, 2.75) is 103 Å². The molecule has 6 aromatic heterocycles. The van der Waals surface area contributed by atoms with Gasteiger partial charge in [0, 0.05) is 109 Å². The average molecular weight is 1240 g/mol. The van der Waals surface area contributed by atoms with E-state index < -0.39 is 48.1 Å². The van der Waals surface area contributed by atoms with Crippen LogP contribution in [-0.2, 0) is 67.5 Å². The highest BCUT2D eigenvalue weighted by molar-refractivity contribution is 8.07. The van der Waals surface area contributed by atoms with Crippen LogP contribution in [0.3, 0.4) is 0 Å². The number of nitrogens with two attached hydrogens (primary N) is 2. The van der Waals surface area contributed by atoms with Crippen LogP contribution >= 0.6 is 25.9 Å². The number of nitrogens with zero attached hydrogens (tertiary/aromatic N) is 7. The van der Waals surface area contributed by atoms with Crippen molar-refractivity contribution in [3.8, 4) is 22.3 Å². The van der Waals surface area contributed by atoms with Gasteiger partial charge < -0.3 is 35.9 Å². The number of aromatic nitrogens is 6. The first-order chi connectivity index (χ1) is 39.8. The first-order valence-electron chi connectivity index (χ1n) is 26.5. The van der Waals surface area contributed by atoms with Crippen molar-refractivity contribution in [1.29, 1.82) is 0 Å². The topological polar surface area (TPSA) is 251 Å². The number of halogens is 5. The Morgan fingerprint density at radius 1 is 0.624 bits per heavy atom. The largest absolute Gasteiger partial charge is 0.480 e. The summed E-state index contributed by atoms with van der Waals surface area (Å²) in [6.07, 6.45) is 6.36. The number of carbonyl (C=O) groups is 6. The lowest BCUT2D eigenvalue weighted by Crippen LogP contribution is -2.46. The molecule has 85 heavy (non-hydrogen) atoms. The van der Waals surface area contributed by atoms with Crippen LogP contribution < -0.4 is 16.8 Å². The van der Waals surface area contributed by atoms with Crippen LogP contribution in [0, 0.1) is 25.7 Å². The molecule has 2 aliphatic heterocycles. The summed E-state index contributed by atoms with van der Waals surface area (Å²) in [7, 11) is 0. The lowest BCUT2D eigenvalue weighted by Gasteiger charge is -2.29. The van der Waals surface area contributed by atoms with E-state index in [1.165, 1.54) is 46.4 Å². The van der Waals surface area contributed by atoms with Crippen molar-refractivity contribution in [1.82, 2.24) is 39.3 Å². The third-order valence-electron chi connectivity index (χ3n) is 14.1. The molecule has 4 atom stereocenters. The predicted octanol–water partition coefficient (Wildman–Crippen LogP) is 8.71. The molecular weight excluding hydrogens is 1180 g/mol. The number of primary amides is 2. The van der Waals surface area contributed by atoms with E-state index in [0.717, 1.165) is 22.6 Å². The summed E-state index contributed by atoms with van der Waals surface area (Å²) >= 11 is 7.33. The number of rotatable bonds is 14. The average Bonchev–Trinajstić information content (AvgIpc) is 3.13. The fourth-order valence-corrected chi connectivity index (χ4v) is 10.1. The summed E-state index contributed by atoms with van der Waals surface area (Å²) < 4.78 is 56.9. The number of Topliss-reactive ketones (excluding diaryl/α,β-unsaturated/α-hetero) is 2. The molecule has 2 fully saturated rings. The van der Waals surface area contributed by atoms with Gasteiger partial charge in [-0.1, -0.05) is 24.3 Å². The zero-order valence-corrected chi connectivity index (χ0v) is 49.7. The number of likely N-dealkylation sites (tertiary alicyclic amines) is 1. The smallest absolute Gasteiger partial charge is 0.323 e. The summed E-state index contributed by atoms with van der Waals surface area (Å²) in [4.78, 5) is 91.4. The van der Waals surface area contributed by atoms with Gasteiger partial charge in [-0.3, -0.25) is 38.7 Å².